The topological polar surface area (TPSA) is 114 Å². The first-order chi connectivity index (χ1) is 11.1. The molecule has 0 saturated heterocycles. The highest BCUT2D eigenvalue weighted by Crippen LogP contribution is 2.13. The van der Waals surface area contributed by atoms with E-state index in [-0.39, 0.29) is 18.4 Å². The fourth-order valence-electron chi connectivity index (χ4n) is 2.03. The summed E-state index contributed by atoms with van der Waals surface area (Å²) in [7, 11) is 0. The number of nitrogen functional groups attached to an aromatic ring is 1. The first kappa shape index (κ1) is 16.4. The van der Waals surface area contributed by atoms with Crippen molar-refractivity contribution >= 4 is 23.8 Å². The fourth-order valence-corrected chi connectivity index (χ4v) is 2.03. The summed E-state index contributed by atoms with van der Waals surface area (Å²) in [4.78, 5) is 15.0. The molecule has 0 bridgehead atoms. The van der Waals surface area contributed by atoms with E-state index in [0.717, 1.165) is 29.1 Å². The Hall–Kier alpha value is -2.97. The zero-order valence-corrected chi connectivity index (χ0v) is 13.2. The van der Waals surface area contributed by atoms with Crippen LogP contribution in [0.5, 0.6) is 0 Å². The van der Waals surface area contributed by atoms with Gasteiger partial charge in [0.2, 0.25) is 0 Å². The average Bonchev–Trinajstić information content (AvgIpc) is 2.95. The minimum absolute atomic E-state index is 0.0228. The molecule has 0 unspecified atom stereocenters. The summed E-state index contributed by atoms with van der Waals surface area (Å²) in [6, 6.07) is 7.95. The Morgan fingerprint density at radius 1 is 1.35 bits per heavy atom. The Bertz CT molecular complexity index is 660. The van der Waals surface area contributed by atoms with Crippen molar-refractivity contribution in [3.8, 4) is 0 Å². The van der Waals surface area contributed by atoms with Crippen LogP contribution in [0.15, 0.2) is 29.4 Å². The molecule has 3 N–H and O–H groups in total. The highest BCUT2D eigenvalue weighted by Gasteiger charge is 2.04. The van der Waals surface area contributed by atoms with Crippen LogP contribution in [0.4, 0.5) is 11.6 Å². The van der Waals surface area contributed by atoms with Crippen LogP contribution in [0.3, 0.4) is 0 Å². The first-order valence-electron chi connectivity index (χ1n) is 7.32. The molecule has 0 atom stereocenters. The predicted octanol–water partition coefficient (Wildman–Crippen LogP) is 0.252. The zero-order chi connectivity index (χ0) is 16.7. The van der Waals surface area contributed by atoms with Gasteiger partial charge in [-0.15, -0.1) is 5.10 Å². The van der Waals surface area contributed by atoms with Gasteiger partial charge in [0.1, 0.15) is 6.54 Å². The Labute approximate surface area is 134 Å². The molecule has 0 fully saturated rings. The molecule has 2 rings (SSSR count). The van der Waals surface area contributed by atoms with E-state index in [9.17, 15) is 4.79 Å². The van der Waals surface area contributed by atoms with Gasteiger partial charge in [-0.25, -0.2) is 5.43 Å². The molecular formula is C14H20N8O. The smallest absolute Gasteiger partial charge is 0.263 e. The summed E-state index contributed by atoms with van der Waals surface area (Å²) >= 11 is 0. The third kappa shape index (κ3) is 4.77. The lowest BCUT2D eigenvalue weighted by Crippen LogP contribution is -2.24. The van der Waals surface area contributed by atoms with Gasteiger partial charge in [0.05, 0.1) is 6.21 Å². The number of anilines is 2. The van der Waals surface area contributed by atoms with E-state index in [1.165, 1.54) is 0 Å². The molecular weight excluding hydrogens is 296 g/mol. The van der Waals surface area contributed by atoms with Gasteiger partial charge in [0.25, 0.3) is 11.9 Å². The van der Waals surface area contributed by atoms with Crippen molar-refractivity contribution < 1.29 is 4.79 Å². The predicted molar refractivity (Wildman–Crippen MR) is 88.0 cm³/mol. The van der Waals surface area contributed by atoms with Crippen LogP contribution in [0, 0.1) is 0 Å². The number of nitrogens with one attached hydrogen (secondary N) is 1. The normalized spacial score (nSPS) is 10.9. The molecule has 0 aliphatic heterocycles. The summed E-state index contributed by atoms with van der Waals surface area (Å²) in [5.41, 5.74) is 9.76. The van der Waals surface area contributed by atoms with Gasteiger partial charge in [0, 0.05) is 18.8 Å². The second kappa shape index (κ2) is 7.87. The van der Waals surface area contributed by atoms with Gasteiger partial charge < -0.3 is 10.6 Å². The van der Waals surface area contributed by atoms with Crippen molar-refractivity contribution in [2.75, 3.05) is 23.7 Å². The molecule has 1 amide bonds. The summed E-state index contributed by atoms with van der Waals surface area (Å²) < 4.78 is 0. The van der Waals surface area contributed by atoms with Gasteiger partial charge in [-0.2, -0.15) is 9.90 Å². The van der Waals surface area contributed by atoms with Crippen molar-refractivity contribution in [3.63, 3.8) is 0 Å². The Kier molecular flexibility index (Phi) is 5.61. The number of nitrogens with zero attached hydrogens (tertiary/aromatic N) is 6. The number of benzene rings is 1. The maximum atomic E-state index is 11.6. The van der Waals surface area contributed by atoms with Gasteiger partial charge in [-0.05, 0) is 36.8 Å². The second-order valence-corrected chi connectivity index (χ2v) is 4.74. The van der Waals surface area contributed by atoms with Crippen LogP contribution < -0.4 is 16.1 Å². The Morgan fingerprint density at radius 3 is 2.61 bits per heavy atom. The molecule has 9 nitrogen and oxygen atoms in total. The van der Waals surface area contributed by atoms with Gasteiger partial charge in [-0.3, -0.25) is 4.79 Å². The third-order valence-electron chi connectivity index (χ3n) is 3.18. The van der Waals surface area contributed by atoms with E-state index in [4.69, 9.17) is 5.73 Å². The van der Waals surface area contributed by atoms with Crippen LogP contribution in [-0.4, -0.2) is 45.4 Å². The number of amides is 1. The number of hydrogen-bond donors (Lipinski definition) is 2. The van der Waals surface area contributed by atoms with Crippen LogP contribution in [0.25, 0.3) is 0 Å². The second-order valence-electron chi connectivity index (χ2n) is 4.74. The van der Waals surface area contributed by atoms with E-state index in [1.807, 2.05) is 24.3 Å². The number of hydrazone groups is 1. The molecule has 122 valence electrons. The van der Waals surface area contributed by atoms with Crippen LogP contribution in [0.1, 0.15) is 19.4 Å². The third-order valence-corrected chi connectivity index (χ3v) is 3.18. The summed E-state index contributed by atoms with van der Waals surface area (Å²) in [6.07, 6.45) is 1.58. The highest BCUT2D eigenvalue weighted by molar-refractivity contribution is 5.82. The molecule has 1 heterocycles. The van der Waals surface area contributed by atoms with Crippen molar-refractivity contribution in [1.82, 2.24) is 25.6 Å². The fraction of sp³-hybridized carbons (Fsp3) is 0.357. The largest absolute Gasteiger partial charge is 0.372 e. The van der Waals surface area contributed by atoms with Crippen molar-refractivity contribution in [3.05, 3.63) is 29.8 Å². The molecule has 0 aliphatic rings. The Balaban J connectivity index is 1.86. The zero-order valence-electron chi connectivity index (χ0n) is 13.2. The maximum Gasteiger partial charge on any atom is 0.263 e. The van der Waals surface area contributed by atoms with Crippen molar-refractivity contribution in [2.45, 2.75) is 20.4 Å². The first-order valence-corrected chi connectivity index (χ1v) is 7.32. The molecule has 9 heteroatoms. The molecule has 1 aromatic carbocycles. The van der Waals surface area contributed by atoms with E-state index < -0.39 is 0 Å². The summed E-state index contributed by atoms with van der Waals surface area (Å²) in [5.74, 6) is -0.340. The lowest BCUT2D eigenvalue weighted by atomic mass is 10.2. The van der Waals surface area contributed by atoms with Crippen molar-refractivity contribution in [2.24, 2.45) is 5.10 Å². The number of carbonyl (C=O) groups excluding carboxylic acids is 1. The monoisotopic (exact) mass is 316 g/mol. The molecule has 0 spiro atoms. The molecule has 23 heavy (non-hydrogen) atoms. The van der Waals surface area contributed by atoms with Crippen molar-refractivity contribution in [1.29, 1.82) is 0 Å². The molecule has 1 aromatic heterocycles. The van der Waals surface area contributed by atoms with Gasteiger partial charge in [0.15, 0.2) is 0 Å². The highest BCUT2D eigenvalue weighted by atomic mass is 16.2. The number of tetrazole rings is 1. The number of hydrogen-bond acceptors (Lipinski definition) is 7. The van der Waals surface area contributed by atoms with E-state index in [1.54, 1.807) is 6.21 Å². The standard InChI is InChI=1S/C14H20N8O/c1-3-21(4-2)12-7-5-11(6-8-12)9-16-17-13(23)10-22-19-14(15)18-20-22/h5-9H,3-4,10H2,1-2H3,(H2,15,19)(H,17,23)/b16-9-. The number of rotatable bonds is 7. The minimum atomic E-state index is -0.363. The lowest BCUT2D eigenvalue weighted by Gasteiger charge is -2.20. The molecule has 0 saturated carbocycles. The van der Waals surface area contributed by atoms with Gasteiger partial charge in [-0.1, -0.05) is 17.2 Å². The molecule has 0 aliphatic carbocycles. The number of nitrogens with two attached hydrogens (primary N) is 1. The van der Waals surface area contributed by atoms with Crippen LogP contribution >= 0.6 is 0 Å². The average molecular weight is 316 g/mol. The van der Waals surface area contributed by atoms with E-state index >= 15 is 0 Å². The summed E-state index contributed by atoms with van der Waals surface area (Å²) in [5, 5.41) is 14.7. The molecule has 0 radical (unpaired) electrons. The van der Waals surface area contributed by atoms with E-state index in [0.29, 0.717) is 0 Å². The maximum absolute atomic E-state index is 11.6. The number of carbonyl (C=O) groups is 1. The van der Waals surface area contributed by atoms with Gasteiger partial charge >= 0.3 is 0 Å². The number of aromatic nitrogens is 4. The Morgan fingerprint density at radius 2 is 2.04 bits per heavy atom. The van der Waals surface area contributed by atoms with E-state index in [2.05, 4.69) is 44.7 Å². The minimum Gasteiger partial charge on any atom is -0.372 e. The quantitative estimate of drug-likeness (QED) is 0.559. The SMILES string of the molecule is CCN(CC)c1ccc(/C=N\NC(=O)Cn2nnc(N)n2)cc1. The van der Waals surface area contributed by atoms with Crippen LogP contribution in [0.2, 0.25) is 0 Å². The molecule has 2 aromatic rings. The summed E-state index contributed by atoms with van der Waals surface area (Å²) in [6.45, 7) is 6.06. The van der Waals surface area contributed by atoms with Crippen LogP contribution in [-0.2, 0) is 11.3 Å². The lowest BCUT2D eigenvalue weighted by molar-refractivity contribution is -0.122.